The van der Waals surface area contributed by atoms with E-state index in [-0.39, 0.29) is 112 Å². The molecule has 10 aromatic rings. The number of hydrazine groups is 1. The van der Waals surface area contributed by atoms with Gasteiger partial charge in [0.1, 0.15) is 12.3 Å². The van der Waals surface area contributed by atoms with Crippen molar-refractivity contribution in [3.05, 3.63) is 321 Å². The number of nitro groups is 4. The summed E-state index contributed by atoms with van der Waals surface area (Å²) < 4.78 is 16.0. The van der Waals surface area contributed by atoms with Gasteiger partial charge in [-0.25, -0.2) is 5.84 Å². The molecule has 2 heterocycles. The number of alkyl halides is 1. The number of H-pyrrole nitrogens is 3. The molecule has 0 amide bonds. The molecule has 0 aliphatic rings. The summed E-state index contributed by atoms with van der Waals surface area (Å²) in [4.78, 5) is 113. The zero-order valence-corrected chi connectivity index (χ0v) is 65.6. The van der Waals surface area contributed by atoms with Crippen LogP contribution in [0.15, 0.2) is 210 Å². The van der Waals surface area contributed by atoms with Crippen LogP contribution in [0.4, 0.5) is 22.7 Å². The van der Waals surface area contributed by atoms with E-state index in [9.17, 15) is 69.2 Å². The summed E-state index contributed by atoms with van der Waals surface area (Å²) >= 11 is 30.2. The first-order valence-corrected chi connectivity index (χ1v) is 33.6. The molecule has 0 aliphatic heterocycles. The number of ketones is 2. The molecule has 548 valence electrons. The number of esters is 2. The number of halogens is 4. The van der Waals surface area contributed by atoms with Crippen LogP contribution >= 0.6 is 75.2 Å². The Hall–Kier alpha value is -10.3. The zero-order chi connectivity index (χ0) is 78.6. The van der Waals surface area contributed by atoms with Gasteiger partial charge in [0.2, 0.25) is 0 Å². The van der Waals surface area contributed by atoms with Crippen molar-refractivity contribution in [1.29, 1.82) is 1.34 Å². The van der Waals surface area contributed by atoms with Gasteiger partial charge in [0.25, 0.3) is 33.9 Å². The molecule has 8 aromatic carbocycles. The van der Waals surface area contributed by atoms with Crippen molar-refractivity contribution in [1.82, 2.24) is 25.4 Å². The molecule has 0 aliphatic carbocycles. The smallest absolute Gasteiger partial charge is 0.317 e. The first kappa shape index (κ1) is 88.1. The van der Waals surface area contributed by atoms with E-state index in [0.717, 1.165) is 31.7 Å². The number of nitrogens with two attached hydrogens (primary N) is 3. The molecule has 10 rings (SSSR count). The second kappa shape index (κ2) is 45.8. The molecule has 0 spiro atoms. The van der Waals surface area contributed by atoms with Crippen LogP contribution in [-0.4, -0.2) is 96.3 Å². The average molecular weight is 1830 g/mol. The quantitative estimate of drug-likeness (QED) is 0.00404. The first-order valence-electron chi connectivity index (χ1n) is 31.1. The largest absolute Gasteiger partial charge is 0.466 e. The Balaban J connectivity index is 0.000000347. The first-order chi connectivity index (χ1) is 50.6. The van der Waals surface area contributed by atoms with Crippen molar-refractivity contribution < 1.29 is 79.5 Å². The minimum Gasteiger partial charge on any atom is -0.466 e. The summed E-state index contributed by atoms with van der Waals surface area (Å²) in [7, 11) is 3.75. The monoisotopic (exact) mass is 1830 g/mol. The number of thiocarbonyl (C=S) groups is 2. The minimum atomic E-state index is -0.978. The number of carbonyl (C=O) groups excluding carboxylic acids is 4. The maximum Gasteiger partial charge on any atom is 0.317 e. The van der Waals surface area contributed by atoms with Gasteiger partial charge in [0.15, 0.2) is 21.8 Å². The van der Waals surface area contributed by atoms with Gasteiger partial charge in [-0.2, -0.15) is 4.68 Å². The predicted octanol–water partition coefficient (Wildman–Crippen LogP) is 12.8. The van der Waals surface area contributed by atoms with Gasteiger partial charge in [-0.1, -0.05) is 117 Å². The van der Waals surface area contributed by atoms with E-state index in [1.165, 1.54) is 78.4 Å². The fraction of sp³-hybridized carbons (Fsp3) is 0.143. The summed E-state index contributed by atoms with van der Waals surface area (Å²) in [6.07, 6.45) is 0.574. The summed E-state index contributed by atoms with van der Waals surface area (Å²) in [6.45, 7) is 3.71. The van der Waals surface area contributed by atoms with Crippen molar-refractivity contribution in [3.8, 4) is 22.5 Å². The molecule has 0 bridgehead atoms. The summed E-state index contributed by atoms with van der Waals surface area (Å²) in [5, 5.41) is 53.8. The molecule has 0 fully saturated rings. The van der Waals surface area contributed by atoms with E-state index >= 15 is 0 Å². The Morgan fingerprint density at radius 2 is 0.972 bits per heavy atom. The molecule has 0 saturated heterocycles. The van der Waals surface area contributed by atoms with E-state index in [0.29, 0.717) is 56.5 Å². The molecule has 28 nitrogen and oxygen atoms in total. The van der Waals surface area contributed by atoms with Crippen LogP contribution in [0.5, 0.6) is 0 Å². The van der Waals surface area contributed by atoms with Crippen molar-refractivity contribution in [2.75, 3.05) is 13.2 Å². The molecule has 10 N–H and O–H groups in total. The van der Waals surface area contributed by atoms with Crippen LogP contribution in [0.1, 0.15) is 74.4 Å². The Kier molecular flexibility index (Phi) is 38.1. The van der Waals surface area contributed by atoms with Gasteiger partial charge in [-0.3, -0.25) is 84.5 Å². The third-order valence-electron chi connectivity index (χ3n) is 14.1. The zero-order valence-electron chi connectivity index (χ0n) is 57.0. The SMILES string of the molecule is CCOC(=O)C(Cc1ccccc1)C(=O)c1ccc([N+](=O)[O-])cc1.CCOC(=O)CC(=O)c1ccc([N+](=O)[O-])cc1.Clc1cccc(CBr)c1.NC(=S)n1[nH]c(-c2ccc([N+](=O)[O-])cc2)c(Cc2cccc(Cl)c2)c1=O.NNC(N)=S.O=c1[nH][nH]c(-c2ccc([N+](=O)[O-])cc2)c1Cc1cccc(Cl)c1.[2H][B].[U]. The number of nitrogens with zero attached hydrogens (tertiary/aromatic N) is 5. The summed E-state index contributed by atoms with van der Waals surface area (Å²) in [6, 6.07) is 53.6. The number of non-ortho nitro benzene ring substituents is 4. The number of Topliss-reactive ketones (excluding diaryl/α,β-unsaturated/α-hetero) is 2. The predicted molar refractivity (Wildman–Crippen MR) is 413 cm³/mol. The maximum atomic E-state index is 12.7. The second-order valence-corrected chi connectivity index (χ2v) is 24.0. The van der Waals surface area contributed by atoms with Crippen LogP contribution in [-0.2, 0) is 43.7 Å². The summed E-state index contributed by atoms with van der Waals surface area (Å²) in [5.41, 5.74) is 19.3. The van der Waals surface area contributed by atoms with Crippen molar-refractivity contribution >= 4 is 140 Å². The molecule has 1 atom stereocenters. The van der Waals surface area contributed by atoms with Gasteiger partial charge in [-0.05, 0) is 153 Å². The maximum absolute atomic E-state index is 12.7. The Morgan fingerprint density at radius 1 is 0.575 bits per heavy atom. The van der Waals surface area contributed by atoms with Gasteiger partial charge in [-0.15, -0.1) is 0 Å². The number of ether oxygens (including phenoxy) is 2. The third kappa shape index (κ3) is 29.0. The Bertz CT molecular complexity index is 4800. The number of rotatable bonds is 21. The van der Waals surface area contributed by atoms with Crippen molar-refractivity contribution in [2.45, 2.75) is 44.9 Å². The van der Waals surface area contributed by atoms with E-state index in [4.69, 9.17) is 64.6 Å². The number of hydrogen-bond acceptors (Lipinski definition) is 19. The fourth-order valence-corrected chi connectivity index (χ4v) is 10.3. The van der Waals surface area contributed by atoms with Crippen LogP contribution in [0.25, 0.3) is 22.5 Å². The molecule has 0 saturated carbocycles. The number of aromatic nitrogens is 4. The molecular formula is C70H65BBrCl3N12O16S2U. The van der Waals surface area contributed by atoms with E-state index in [2.05, 4.69) is 62.4 Å². The van der Waals surface area contributed by atoms with Crippen LogP contribution < -0.4 is 33.9 Å². The number of nitrogens with one attached hydrogen (secondary N) is 4. The number of benzene rings is 8. The molecular weight excluding hydrogens is 1760 g/mol. The van der Waals surface area contributed by atoms with Crippen LogP contribution in [0, 0.1) is 77.5 Å². The number of hydrogen-bond donors (Lipinski definition) is 7. The average Bonchev–Trinajstić information content (AvgIpc) is 1.69. The molecule has 1 unspecified atom stereocenters. The number of nitro benzene ring substituents is 4. The molecule has 2 aromatic heterocycles. The Labute approximate surface area is 665 Å². The van der Waals surface area contributed by atoms with Crippen LogP contribution in [0.2, 0.25) is 15.1 Å². The summed E-state index contributed by atoms with van der Waals surface area (Å²) in [5.74, 6) is 1.66. The van der Waals surface area contributed by atoms with E-state index in [1.54, 1.807) is 68.4 Å². The van der Waals surface area contributed by atoms with Gasteiger partial charge in [0, 0.05) is 155 Å². The normalized spacial score (nSPS) is 10.3. The topological polar surface area (TPSA) is 436 Å². The van der Waals surface area contributed by atoms with E-state index < -0.39 is 49.1 Å². The molecule has 2 radical (unpaired) electrons. The van der Waals surface area contributed by atoms with E-state index in [1.807, 2.05) is 78.2 Å². The van der Waals surface area contributed by atoms with Gasteiger partial charge in [0.05, 0.1) is 44.3 Å². The van der Waals surface area contributed by atoms with Crippen LogP contribution in [0.3, 0.4) is 0 Å². The number of carbonyl (C=O) groups is 4. The Morgan fingerprint density at radius 3 is 1.37 bits per heavy atom. The second-order valence-electron chi connectivity index (χ2n) is 21.2. The van der Waals surface area contributed by atoms with Crippen molar-refractivity contribution in [2.24, 2.45) is 23.2 Å². The standard InChI is InChI=1S/C18H17NO5.C17H13ClN4O3S.C16H12ClN3O3.C11H11NO5.C7H6BrCl.CH5N3S.BH.U/c1-2-24-18(21)16(12-13-6-4-3-5-7-13)17(20)14-8-10-15(11-9-14)19(22)23;18-12-3-1-2-10(8-12)9-14-15(20-21(16(14)23)17(19)26)11-4-6-13(7-5-11)22(24)25;17-12-3-1-2-10(8-12)9-14-15(18-19-16(14)21)11-4-6-13(7-5-11)20(22)23;1-2-17-11(14)7-10(13)8-3-5-9(6-4-8)12(15)16;8-5-6-2-1-3-7(9)4-6;2-1(5)4-3;;/h3-11,16H,2,12H2,1H3;1-8,20H,9H2,(H2,19,26);1-8H,9H2,(H2,18,19,21);3-6H,2,7H2,1H3;1-4H,5H2;3H2,(H3,2,4,5);1H;/i;;;;;;1D;. The van der Waals surface area contributed by atoms with Gasteiger partial charge < -0.3 is 26.4 Å². The minimum absolute atomic E-state index is 0. The van der Waals surface area contributed by atoms with Gasteiger partial charge >= 0.3 is 11.9 Å². The molecule has 106 heavy (non-hydrogen) atoms. The third-order valence-corrected chi connectivity index (χ3v) is 15.7. The fourth-order valence-electron chi connectivity index (χ4n) is 9.19. The number of aromatic amines is 3. The van der Waals surface area contributed by atoms with Crippen molar-refractivity contribution in [3.63, 3.8) is 0 Å². The molecule has 36 heteroatoms.